The van der Waals surface area contributed by atoms with E-state index in [4.69, 9.17) is 0 Å². The van der Waals surface area contributed by atoms with Crippen LogP contribution in [0.4, 0.5) is 4.79 Å². The van der Waals surface area contributed by atoms with Gasteiger partial charge in [0.15, 0.2) is 0 Å². The molecule has 1 fully saturated rings. The summed E-state index contributed by atoms with van der Waals surface area (Å²) in [6.45, 7) is 4.46. The molecule has 0 aliphatic heterocycles. The number of nitrogens with one attached hydrogen (secondary N) is 1. The molecule has 6 heteroatoms. The molecular formula is C15H22N2O3S. The molecule has 21 heavy (non-hydrogen) atoms. The van der Waals surface area contributed by atoms with E-state index in [9.17, 15) is 14.7 Å². The van der Waals surface area contributed by atoms with Gasteiger partial charge in [0, 0.05) is 10.9 Å². The summed E-state index contributed by atoms with van der Waals surface area (Å²) in [6.07, 6.45) is 2.44. The van der Waals surface area contributed by atoms with Crippen molar-refractivity contribution in [3.05, 3.63) is 22.4 Å². The van der Waals surface area contributed by atoms with Gasteiger partial charge in [0.05, 0.1) is 6.54 Å². The number of thiophene rings is 1. The molecule has 2 amide bonds. The Balaban J connectivity index is 1.99. The Kier molecular flexibility index (Phi) is 5.22. The van der Waals surface area contributed by atoms with Crippen molar-refractivity contribution in [1.82, 2.24) is 10.2 Å². The number of nitrogens with zero attached hydrogens (tertiary/aromatic N) is 1. The minimum atomic E-state index is -0.969. The lowest BCUT2D eigenvalue weighted by Gasteiger charge is -2.25. The van der Waals surface area contributed by atoms with Crippen LogP contribution >= 0.6 is 11.3 Å². The van der Waals surface area contributed by atoms with Crippen LogP contribution in [0.1, 0.15) is 38.0 Å². The molecular weight excluding hydrogens is 288 g/mol. The highest BCUT2D eigenvalue weighted by Crippen LogP contribution is 2.29. The monoisotopic (exact) mass is 310 g/mol. The summed E-state index contributed by atoms with van der Waals surface area (Å²) in [4.78, 5) is 26.6. The molecule has 1 saturated carbocycles. The van der Waals surface area contributed by atoms with E-state index in [1.165, 1.54) is 0 Å². The zero-order valence-corrected chi connectivity index (χ0v) is 13.2. The number of carbonyl (C=O) groups is 2. The average molecular weight is 310 g/mol. The van der Waals surface area contributed by atoms with Crippen LogP contribution in [0.5, 0.6) is 0 Å². The Morgan fingerprint density at radius 1 is 1.48 bits per heavy atom. The highest BCUT2D eigenvalue weighted by Gasteiger charge is 2.34. The number of carbonyl (C=O) groups excluding carboxylic acids is 1. The third-order valence-corrected chi connectivity index (χ3v) is 4.32. The van der Waals surface area contributed by atoms with Crippen LogP contribution in [0, 0.1) is 5.92 Å². The van der Waals surface area contributed by atoms with Crippen LogP contribution in [0.15, 0.2) is 17.5 Å². The molecule has 0 aromatic carbocycles. The zero-order chi connectivity index (χ0) is 15.4. The second-order valence-corrected chi connectivity index (χ2v) is 6.94. The molecule has 0 radical (unpaired) electrons. The van der Waals surface area contributed by atoms with Gasteiger partial charge in [-0.1, -0.05) is 19.9 Å². The van der Waals surface area contributed by atoms with Crippen molar-refractivity contribution in [2.24, 2.45) is 5.92 Å². The maximum atomic E-state index is 12.4. The van der Waals surface area contributed by atoms with Crippen LogP contribution in [-0.2, 0) is 11.3 Å². The lowest BCUT2D eigenvalue weighted by Crippen LogP contribution is -2.48. The van der Waals surface area contributed by atoms with Crippen molar-refractivity contribution in [2.45, 2.75) is 51.7 Å². The first-order valence-electron chi connectivity index (χ1n) is 7.29. The van der Waals surface area contributed by atoms with E-state index in [0.29, 0.717) is 13.0 Å². The molecule has 0 bridgehead atoms. The molecule has 1 aliphatic rings. The van der Waals surface area contributed by atoms with Crippen molar-refractivity contribution < 1.29 is 14.7 Å². The van der Waals surface area contributed by atoms with Gasteiger partial charge in [-0.05, 0) is 36.6 Å². The molecule has 1 aliphatic carbocycles. The minimum absolute atomic E-state index is 0.220. The Morgan fingerprint density at radius 2 is 2.19 bits per heavy atom. The van der Waals surface area contributed by atoms with Gasteiger partial charge in [0.2, 0.25) is 0 Å². The largest absolute Gasteiger partial charge is 0.480 e. The molecule has 2 N–H and O–H groups in total. The van der Waals surface area contributed by atoms with Gasteiger partial charge < -0.3 is 15.3 Å². The second kappa shape index (κ2) is 6.93. The fourth-order valence-electron chi connectivity index (χ4n) is 2.25. The standard InChI is InChI=1S/C15H22N2O3S/c1-10(2)8-13(14(18)19)16-15(20)17(11-5-6-11)9-12-4-3-7-21-12/h3-4,7,10-11,13H,5-6,8-9H2,1-2H3,(H,16,20)(H,18,19)/t13-/m0/s1. The first kappa shape index (κ1) is 15.8. The molecule has 1 atom stereocenters. The molecule has 1 heterocycles. The molecule has 2 rings (SSSR count). The van der Waals surface area contributed by atoms with Crippen LogP contribution in [0.25, 0.3) is 0 Å². The summed E-state index contributed by atoms with van der Waals surface area (Å²) in [5.74, 6) is -0.748. The summed E-state index contributed by atoms with van der Waals surface area (Å²) in [6, 6.07) is 3.12. The summed E-state index contributed by atoms with van der Waals surface area (Å²) >= 11 is 1.61. The van der Waals surface area contributed by atoms with E-state index in [1.807, 2.05) is 31.4 Å². The van der Waals surface area contributed by atoms with E-state index < -0.39 is 12.0 Å². The smallest absolute Gasteiger partial charge is 0.326 e. The van der Waals surface area contributed by atoms with Gasteiger partial charge >= 0.3 is 12.0 Å². The number of carboxylic acid groups (broad SMARTS) is 1. The van der Waals surface area contributed by atoms with Crippen LogP contribution in [0.3, 0.4) is 0 Å². The Morgan fingerprint density at radius 3 is 2.67 bits per heavy atom. The third-order valence-electron chi connectivity index (χ3n) is 3.46. The molecule has 0 spiro atoms. The first-order valence-corrected chi connectivity index (χ1v) is 8.17. The van der Waals surface area contributed by atoms with Crippen molar-refractivity contribution in [2.75, 3.05) is 0 Å². The average Bonchev–Trinajstić information content (AvgIpc) is 3.11. The van der Waals surface area contributed by atoms with E-state index >= 15 is 0 Å². The van der Waals surface area contributed by atoms with Crippen LogP contribution < -0.4 is 5.32 Å². The highest BCUT2D eigenvalue weighted by molar-refractivity contribution is 7.09. The predicted molar refractivity (Wildman–Crippen MR) is 82.3 cm³/mol. The fraction of sp³-hybridized carbons (Fsp3) is 0.600. The maximum absolute atomic E-state index is 12.4. The fourth-order valence-corrected chi connectivity index (χ4v) is 2.95. The van der Waals surface area contributed by atoms with Crippen molar-refractivity contribution >= 4 is 23.3 Å². The Hall–Kier alpha value is -1.56. The number of urea groups is 1. The van der Waals surface area contributed by atoms with Crippen molar-refractivity contribution in [3.63, 3.8) is 0 Å². The van der Waals surface area contributed by atoms with Gasteiger partial charge in [0.25, 0.3) is 0 Å². The molecule has 0 saturated heterocycles. The Labute approximate surface area is 129 Å². The number of hydrogen-bond donors (Lipinski definition) is 2. The van der Waals surface area contributed by atoms with E-state index in [-0.39, 0.29) is 18.0 Å². The van der Waals surface area contributed by atoms with E-state index in [2.05, 4.69) is 5.32 Å². The molecule has 116 valence electrons. The van der Waals surface area contributed by atoms with Crippen molar-refractivity contribution in [3.8, 4) is 0 Å². The normalized spacial score (nSPS) is 15.8. The van der Waals surface area contributed by atoms with Crippen LogP contribution in [-0.4, -0.2) is 34.1 Å². The van der Waals surface area contributed by atoms with Crippen LogP contribution in [0.2, 0.25) is 0 Å². The highest BCUT2D eigenvalue weighted by atomic mass is 32.1. The SMILES string of the molecule is CC(C)C[C@H](NC(=O)N(Cc1cccs1)C1CC1)C(=O)O. The second-order valence-electron chi connectivity index (χ2n) is 5.91. The lowest BCUT2D eigenvalue weighted by molar-refractivity contribution is -0.139. The maximum Gasteiger partial charge on any atom is 0.326 e. The number of rotatable bonds is 7. The molecule has 5 nitrogen and oxygen atoms in total. The number of hydrogen-bond acceptors (Lipinski definition) is 3. The van der Waals surface area contributed by atoms with Crippen molar-refractivity contribution in [1.29, 1.82) is 0 Å². The van der Waals surface area contributed by atoms with E-state index in [1.54, 1.807) is 16.2 Å². The number of amides is 2. The summed E-state index contributed by atoms with van der Waals surface area (Å²) < 4.78 is 0. The Bertz CT molecular complexity index is 483. The number of aliphatic carboxylic acids is 1. The molecule has 1 aromatic heterocycles. The quantitative estimate of drug-likeness (QED) is 0.813. The zero-order valence-electron chi connectivity index (χ0n) is 12.4. The molecule has 0 unspecified atom stereocenters. The van der Waals surface area contributed by atoms with Gasteiger partial charge in [-0.2, -0.15) is 0 Å². The summed E-state index contributed by atoms with van der Waals surface area (Å²) in [5, 5.41) is 13.9. The van der Waals surface area contributed by atoms with Gasteiger partial charge in [-0.3, -0.25) is 0 Å². The topological polar surface area (TPSA) is 69.6 Å². The summed E-state index contributed by atoms with van der Waals surface area (Å²) in [7, 11) is 0. The molecule has 1 aromatic rings. The minimum Gasteiger partial charge on any atom is -0.480 e. The van der Waals surface area contributed by atoms with Gasteiger partial charge in [-0.25, -0.2) is 9.59 Å². The van der Waals surface area contributed by atoms with Gasteiger partial charge in [0.1, 0.15) is 6.04 Å². The number of carboxylic acids is 1. The summed E-state index contributed by atoms with van der Waals surface area (Å²) in [5.41, 5.74) is 0. The predicted octanol–water partition coefficient (Wildman–Crippen LogP) is 2.92. The van der Waals surface area contributed by atoms with E-state index in [0.717, 1.165) is 17.7 Å². The first-order chi connectivity index (χ1) is 9.97. The van der Waals surface area contributed by atoms with Gasteiger partial charge in [-0.15, -0.1) is 11.3 Å². The lowest BCUT2D eigenvalue weighted by atomic mass is 10.0. The third kappa shape index (κ3) is 4.74.